The van der Waals surface area contributed by atoms with E-state index in [0.717, 1.165) is 62.6 Å². The van der Waals surface area contributed by atoms with Gasteiger partial charge in [-0.05, 0) is 37.8 Å². The average molecular weight is 392 g/mol. The third-order valence-corrected chi connectivity index (χ3v) is 6.10. The molecule has 1 aromatic carbocycles. The van der Waals surface area contributed by atoms with E-state index in [2.05, 4.69) is 16.3 Å². The van der Waals surface area contributed by atoms with Crippen LogP contribution in [0.25, 0.3) is 11.0 Å². The van der Waals surface area contributed by atoms with Crippen molar-refractivity contribution in [2.45, 2.75) is 69.7 Å². The van der Waals surface area contributed by atoms with Gasteiger partial charge in [-0.1, -0.05) is 44.2 Å². The quantitative estimate of drug-likeness (QED) is 0.850. The molecule has 0 unspecified atom stereocenters. The molecular weight excluding hydrogens is 362 g/mol. The van der Waals surface area contributed by atoms with Crippen LogP contribution in [0.2, 0.25) is 0 Å². The van der Waals surface area contributed by atoms with E-state index in [-0.39, 0.29) is 11.9 Å². The molecule has 4 rings (SSSR count). The number of benzene rings is 1. The molecule has 0 bridgehead atoms. The number of hydrogen-bond acceptors (Lipinski definition) is 5. The molecule has 29 heavy (non-hydrogen) atoms. The summed E-state index contributed by atoms with van der Waals surface area (Å²) in [4.78, 5) is 24.9. The topological polar surface area (TPSA) is 81.9 Å². The second-order valence-electron chi connectivity index (χ2n) is 8.23. The monoisotopic (exact) mass is 391 g/mol. The van der Waals surface area contributed by atoms with Crippen LogP contribution in [0.15, 0.2) is 24.3 Å². The van der Waals surface area contributed by atoms with Crippen molar-refractivity contribution < 1.29 is 4.79 Å². The average Bonchev–Trinajstić information content (AvgIpc) is 3.04. The number of hydrogen-bond donors (Lipinski definition) is 1. The standard InChI is InChI=1S/C23H29N5O/c24-16-18(23(29)25-17-10-4-3-5-11-17)21-22(28-14-8-1-2-9-15-28)27-20-13-7-6-12-19(20)26-21/h6-7,12-13,17-18H,1-5,8-11,14-15H2,(H,25,29)/t18-/m0/s1. The smallest absolute Gasteiger partial charge is 0.243 e. The van der Waals surface area contributed by atoms with Crippen molar-refractivity contribution >= 4 is 22.8 Å². The second-order valence-corrected chi connectivity index (χ2v) is 8.23. The van der Waals surface area contributed by atoms with Gasteiger partial charge in [0.1, 0.15) is 5.69 Å². The zero-order valence-electron chi connectivity index (χ0n) is 16.9. The molecule has 1 aliphatic heterocycles. The molecule has 1 atom stereocenters. The van der Waals surface area contributed by atoms with Crippen molar-refractivity contribution in [1.82, 2.24) is 15.3 Å². The minimum Gasteiger partial charge on any atom is -0.355 e. The fourth-order valence-electron chi connectivity index (χ4n) is 4.49. The summed E-state index contributed by atoms with van der Waals surface area (Å²) >= 11 is 0. The molecular formula is C23H29N5O. The lowest BCUT2D eigenvalue weighted by Gasteiger charge is -2.27. The number of carbonyl (C=O) groups excluding carboxylic acids is 1. The molecule has 1 saturated heterocycles. The predicted octanol–water partition coefficient (Wildman–Crippen LogP) is 4.07. The Labute approximate surface area is 172 Å². The van der Waals surface area contributed by atoms with E-state index in [1.54, 1.807) is 0 Å². The zero-order chi connectivity index (χ0) is 20.1. The van der Waals surface area contributed by atoms with Gasteiger partial charge in [0.25, 0.3) is 0 Å². The summed E-state index contributed by atoms with van der Waals surface area (Å²) in [7, 11) is 0. The van der Waals surface area contributed by atoms with E-state index in [4.69, 9.17) is 9.97 Å². The number of amides is 1. The van der Waals surface area contributed by atoms with Crippen molar-refractivity contribution in [3.05, 3.63) is 30.0 Å². The molecule has 2 aliphatic rings. The van der Waals surface area contributed by atoms with Crippen molar-refractivity contribution in [1.29, 1.82) is 5.26 Å². The summed E-state index contributed by atoms with van der Waals surface area (Å²) in [5.74, 6) is -0.469. The summed E-state index contributed by atoms with van der Waals surface area (Å²) in [5, 5.41) is 13.0. The first kappa shape index (κ1) is 19.6. The van der Waals surface area contributed by atoms with Crippen molar-refractivity contribution in [2.24, 2.45) is 0 Å². The number of anilines is 1. The fourth-order valence-corrected chi connectivity index (χ4v) is 4.49. The molecule has 1 aromatic heterocycles. The Kier molecular flexibility index (Phi) is 6.24. The maximum atomic E-state index is 13.1. The Bertz CT molecular complexity index is 892. The van der Waals surface area contributed by atoms with Crippen LogP contribution in [0, 0.1) is 11.3 Å². The van der Waals surface area contributed by atoms with Crippen molar-refractivity contribution in [2.75, 3.05) is 18.0 Å². The van der Waals surface area contributed by atoms with Gasteiger partial charge in [-0.3, -0.25) is 4.79 Å². The molecule has 2 heterocycles. The van der Waals surface area contributed by atoms with Gasteiger partial charge in [0.05, 0.1) is 17.1 Å². The van der Waals surface area contributed by atoms with Crippen LogP contribution in [0.4, 0.5) is 5.82 Å². The van der Waals surface area contributed by atoms with Crippen LogP contribution >= 0.6 is 0 Å². The highest BCUT2D eigenvalue weighted by Gasteiger charge is 2.30. The van der Waals surface area contributed by atoms with Crippen LogP contribution in [0.5, 0.6) is 0 Å². The normalized spacial score (nSPS) is 19.3. The molecule has 2 aromatic rings. The van der Waals surface area contributed by atoms with Crippen LogP contribution in [0.3, 0.4) is 0 Å². The number of aromatic nitrogens is 2. The van der Waals surface area contributed by atoms with Gasteiger partial charge in [0.2, 0.25) is 5.91 Å². The third-order valence-electron chi connectivity index (χ3n) is 6.10. The van der Waals surface area contributed by atoms with E-state index in [0.29, 0.717) is 11.5 Å². The van der Waals surface area contributed by atoms with Crippen molar-refractivity contribution in [3.8, 4) is 6.07 Å². The SMILES string of the molecule is N#C[C@H](C(=O)NC1CCCCC1)c1nc2ccccc2nc1N1CCCCCC1. The highest BCUT2D eigenvalue weighted by molar-refractivity contribution is 5.89. The van der Waals surface area contributed by atoms with Crippen LogP contribution in [-0.2, 0) is 4.79 Å². The fraction of sp³-hybridized carbons (Fsp3) is 0.565. The number of nitrogens with zero attached hydrogens (tertiary/aromatic N) is 4. The summed E-state index contributed by atoms with van der Waals surface area (Å²) in [6.45, 7) is 1.78. The summed E-state index contributed by atoms with van der Waals surface area (Å²) in [6, 6.07) is 10.1. The molecule has 1 N–H and O–H groups in total. The van der Waals surface area contributed by atoms with E-state index in [9.17, 15) is 10.1 Å². The summed E-state index contributed by atoms with van der Waals surface area (Å²) in [6.07, 6.45) is 10.1. The molecule has 1 amide bonds. The lowest BCUT2D eigenvalue weighted by molar-refractivity contribution is -0.122. The van der Waals surface area contributed by atoms with Crippen LogP contribution in [-0.4, -0.2) is 35.0 Å². The first-order valence-corrected chi connectivity index (χ1v) is 11.0. The van der Waals surface area contributed by atoms with Gasteiger partial charge in [0, 0.05) is 19.1 Å². The minimum absolute atomic E-state index is 0.169. The van der Waals surface area contributed by atoms with Gasteiger partial charge in [-0.15, -0.1) is 0 Å². The second kappa shape index (κ2) is 9.21. The van der Waals surface area contributed by atoms with Crippen LogP contribution in [0.1, 0.15) is 69.4 Å². The lowest BCUT2D eigenvalue weighted by Crippen LogP contribution is -2.39. The molecule has 152 valence electrons. The van der Waals surface area contributed by atoms with E-state index < -0.39 is 5.92 Å². The zero-order valence-corrected chi connectivity index (χ0v) is 16.9. The molecule has 0 radical (unpaired) electrons. The first-order chi connectivity index (χ1) is 14.3. The van der Waals surface area contributed by atoms with E-state index >= 15 is 0 Å². The molecule has 6 heteroatoms. The molecule has 2 fully saturated rings. The minimum atomic E-state index is -0.938. The first-order valence-electron chi connectivity index (χ1n) is 11.0. The highest BCUT2D eigenvalue weighted by Crippen LogP contribution is 2.29. The maximum absolute atomic E-state index is 13.1. The Morgan fingerprint density at radius 2 is 1.62 bits per heavy atom. The maximum Gasteiger partial charge on any atom is 0.243 e. The Balaban J connectivity index is 1.69. The predicted molar refractivity (Wildman–Crippen MR) is 114 cm³/mol. The molecule has 6 nitrogen and oxygen atoms in total. The summed E-state index contributed by atoms with van der Waals surface area (Å²) < 4.78 is 0. The van der Waals surface area contributed by atoms with E-state index in [1.165, 1.54) is 19.3 Å². The number of nitriles is 1. The lowest BCUT2D eigenvalue weighted by atomic mass is 9.94. The van der Waals surface area contributed by atoms with Crippen LogP contribution < -0.4 is 10.2 Å². The number of carbonyl (C=O) groups is 1. The third kappa shape index (κ3) is 4.50. The number of para-hydroxylation sites is 2. The Morgan fingerprint density at radius 1 is 1.00 bits per heavy atom. The highest BCUT2D eigenvalue weighted by atomic mass is 16.2. The summed E-state index contributed by atoms with van der Waals surface area (Å²) in [5.41, 5.74) is 2.04. The van der Waals surface area contributed by atoms with Gasteiger partial charge in [-0.2, -0.15) is 5.26 Å². The number of nitrogens with one attached hydrogen (secondary N) is 1. The Hall–Kier alpha value is -2.68. The number of fused-ring (bicyclic) bond motifs is 1. The van der Waals surface area contributed by atoms with Crippen molar-refractivity contribution in [3.63, 3.8) is 0 Å². The largest absolute Gasteiger partial charge is 0.355 e. The van der Waals surface area contributed by atoms with Gasteiger partial charge < -0.3 is 10.2 Å². The van der Waals surface area contributed by atoms with Gasteiger partial charge >= 0.3 is 0 Å². The van der Waals surface area contributed by atoms with Gasteiger partial charge in [0.15, 0.2) is 11.7 Å². The molecule has 1 aliphatic carbocycles. The van der Waals surface area contributed by atoms with Gasteiger partial charge in [-0.25, -0.2) is 9.97 Å². The number of rotatable bonds is 4. The van der Waals surface area contributed by atoms with E-state index in [1.807, 2.05) is 24.3 Å². The molecule has 0 spiro atoms. The Morgan fingerprint density at radius 3 is 2.28 bits per heavy atom. The molecule has 1 saturated carbocycles.